The largest absolute Gasteiger partial charge is 0.325 e. The van der Waals surface area contributed by atoms with E-state index in [1.165, 1.54) is 0 Å². The number of carbonyl (C=O) groups excluding carboxylic acids is 1. The summed E-state index contributed by atoms with van der Waals surface area (Å²) in [6.07, 6.45) is 2.91. The van der Waals surface area contributed by atoms with E-state index in [0.29, 0.717) is 37.5 Å². The van der Waals surface area contributed by atoms with Crippen LogP contribution in [0.2, 0.25) is 0 Å². The Morgan fingerprint density at radius 3 is 2.64 bits per heavy atom. The van der Waals surface area contributed by atoms with E-state index in [0.717, 1.165) is 18.2 Å². The molecule has 7 nitrogen and oxygen atoms in total. The first kappa shape index (κ1) is 18.5. The van der Waals surface area contributed by atoms with Crippen LogP contribution >= 0.6 is 0 Å². The fourth-order valence-corrected chi connectivity index (χ4v) is 3.31. The molecule has 0 bridgehead atoms. The van der Waals surface area contributed by atoms with Gasteiger partial charge in [-0.25, -0.2) is 24.1 Å². The van der Waals surface area contributed by atoms with E-state index in [2.05, 4.69) is 20.8 Å². The Bertz CT molecular complexity index is 878. The van der Waals surface area contributed by atoms with E-state index in [1.807, 2.05) is 23.1 Å². The van der Waals surface area contributed by atoms with E-state index in [-0.39, 0.29) is 18.1 Å². The predicted octanol–water partition coefficient (Wildman–Crippen LogP) is 2.07. The maximum Gasteiger partial charge on any atom is 0.238 e. The summed E-state index contributed by atoms with van der Waals surface area (Å²) in [4.78, 5) is 28.8. The van der Waals surface area contributed by atoms with Crippen molar-refractivity contribution in [2.24, 2.45) is 4.99 Å². The van der Waals surface area contributed by atoms with Crippen molar-refractivity contribution in [3.63, 3.8) is 0 Å². The van der Waals surface area contributed by atoms with Crippen molar-refractivity contribution in [1.82, 2.24) is 15.4 Å². The number of rotatable bonds is 4. The number of halogens is 2. The van der Waals surface area contributed by atoms with E-state index in [4.69, 9.17) is 4.84 Å². The van der Waals surface area contributed by atoms with Gasteiger partial charge >= 0.3 is 0 Å². The van der Waals surface area contributed by atoms with E-state index >= 15 is 0 Å². The minimum absolute atomic E-state index is 0.101. The topological polar surface area (TPSA) is 78.9 Å². The number of benzene rings is 1. The summed E-state index contributed by atoms with van der Waals surface area (Å²) in [6.45, 7) is 1.33. The molecule has 3 heterocycles. The van der Waals surface area contributed by atoms with Gasteiger partial charge in [0.15, 0.2) is 11.6 Å². The number of amides is 1. The zero-order chi connectivity index (χ0) is 19.6. The van der Waals surface area contributed by atoms with Gasteiger partial charge < -0.3 is 5.32 Å². The van der Waals surface area contributed by atoms with Crippen LogP contribution in [0.15, 0.2) is 47.6 Å². The molecule has 0 unspecified atom stereocenters. The highest BCUT2D eigenvalue weighted by atomic mass is 19.1. The molecule has 2 aliphatic heterocycles. The van der Waals surface area contributed by atoms with Crippen LogP contribution < -0.4 is 10.8 Å². The molecule has 146 valence electrons. The van der Waals surface area contributed by atoms with Crippen molar-refractivity contribution in [1.29, 1.82) is 0 Å². The Balaban J connectivity index is 1.32. The third-order valence-electron chi connectivity index (χ3n) is 4.71. The Morgan fingerprint density at radius 2 is 1.96 bits per heavy atom. The summed E-state index contributed by atoms with van der Waals surface area (Å²) < 4.78 is 26.4. The average Bonchev–Trinajstić information content (AvgIpc) is 3.07. The number of nitrogens with zero attached hydrogens (tertiary/aromatic N) is 3. The van der Waals surface area contributed by atoms with Crippen molar-refractivity contribution >= 4 is 17.4 Å². The molecular formula is C19H19F2N5O2. The Labute approximate surface area is 160 Å². The summed E-state index contributed by atoms with van der Waals surface area (Å²) in [5.74, 6) is -1.20. The van der Waals surface area contributed by atoms with Crippen LogP contribution in [0.4, 0.5) is 14.5 Å². The van der Waals surface area contributed by atoms with Crippen LogP contribution in [-0.2, 0) is 9.63 Å². The highest BCUT2D eigenvalue weighted by Gasteiger charge is 2.40. The average molecular weight is 387 g/mol. The lowest BCUT2D eigenvalue weighted by Crippen LogP contribution is -2.46. The number of aromatic nitrogens is 1. The van der Waals surface area contributed by atoms with Gasteiger partial charge in [0.2, 0.25) is 5.91 Å². The lowest BCUT2D eigenvalue weighted by molar-refractivity contribution is -0.120. The molecule has 1 aromatic carbocycles. The van der Waals surface area contributed by atoms with Gasteiger partial charge in [-0.05, 0) is 24.3 Å². The van der Waals surface area contributed by atoms with Crippen LogP contribution in [0.3, 0.4) is 0 Å². The molecule has 4 rings (SSSR count). The van der Waals surface area contributed by atoms with Crippen molar-refractivity contribution in [2.75, 3.05) is 25.0 Å². The van der Waals surface area contributed by atoms with Gasteiger partial charge in [-0.1, -0.05) is 6.07 Å². The van der Waals surface area contributed by atoms with Gasteiger partial charge in [0.05, 0.1) is 6.54 Å². The van der Waals surface area contributed by atoms with Crippen molar-refractivity contribution in [3.8, 4) is 0 Å². The minimum atomic E-state index is -0.734. The second kappa shape index (κ2) is 7.61. The minimum Gasteiger partial charge on any atom is -0.325 e. The third-order valence-corrected chi connectivity index (χ3v) is 4.71. The molecule has 1 spiro atoms. The van der Waals surface area contributed by atoms with Crippen LogP contribution in [0, 0.1) is 11.6 Å². The summed E-state index contributed by atoms with van der Waals surface area (Å²) in [7, 11) is 0. The lowest BCUT2D eigenvalue weighted by atomic mass is 10.0. The number of likely N-dealkylation sites (tertiary alicyclic amines) is 1. The van der Waals surface area contributed by atoms with Crippen molar-refractivity contribution in [3.05, 3.63) is 59.9 Å². The molecule has 0 atom stereocenters. The van der Waals surface area contributed by atoms with Gasteiger partial charge in [0, 0.05) is 43.9 Å². The van der Waals surface area contributed by atoms with Crippen LogP contribution in [-0.4, -0.2) is 47.0 Å². The highest BCUT2D eigenvalue weighted by molar-refractivity contribution is 5.97. The van der Waals surface area contributed by atoms with Gasteiger partial charge in [0.1, 0.15) is 17.3 Å². The first-order valence-corrected chi connectivity index (χ1v) is 8.95. The standard InChI is InChI=1S/C19H19F2N5O2/c20-13-9-14(21)11-15(10-13)23-17(27)12-26-7-4-19(5-8-26)24-18(25-28-19)16-3-1-2-6-22-16/h1-3,6,9-11H,4-5,7-8,12H2,(H,23,27)(H,24,25). The molecule has 0 radical (unpaired) electrons. The van der Waals surface area contributed by atoms with Gasteiger partial charge in [-0.2, -0.15) is 0 Å². The molecule has 0 aliphatic carbocycles. The van der Waals surface area contributed by atoms with Crippen molar-refractivity contribution in [2.45, 2.75) is 18.6 Å². The predicted molar refractivity (Wildman–Crippen MR) is 98.4 cm³/mol. The van der Waals surface area contributed by atoms with Crippen molar-refractivity contribution < 1.29 is 18.4 Å². The molecule has 1 saturated heterocycles. The SMILES string of the molecule is O=C(CN1CCC2(CC1)N=C(c1ccccn1)NO2)Nc1cc(F)cc(F)c1. The number of pyridine rings is 1. The monoisotopic (exact) mass is 387 g/mol. The number of piperidine rings is 1. The molecule has 2 N–H and O–H groups in total. The summed E-state index contributed by atoms with van der Waals surface area (Å²) >= 11 is 0. The van der Waals surface area contributed by atoms with Crippen LogP contribution in [0.25, 0.3) is 0 Å². The number of hydroxylamine groups is 1. The molecule has 2 aliphatic rings. The molecule has 0 saturated carbocycles. The van der Waals surface area contributed by atoms with E-state index in [1.54, 1.807) is 6.20 Å². The number of carbonyl (C=O) groups is 1. The highest BCUT2D eigenvalue weighted by Crippen LogP contribution is 2.30. The normalized spacial score (nSPS) is 18.6. The number of hydrogen-bond donors (Lipinski definition) is 2. The van der Waals surface area contributed by atoms with E-state index < -0.39 is 17.4 Å². The molecule has 1 fully saturated rings. The Hall–Kier alpha value is -2.91. The zero-order valence-electron chi connectivity index (χ0n) is 15.0. The molecule has 1 aromatic heterocycles. The number of hydrogen-bond acceptors (Lipinski definition) is 6. The second-order valence-corrected chi connectivity index (χ2v) is 6.81. The summed E-state index contributed by atoms with van der Waals surface area (Å²) in [5.41, 5.74) is 3.00. The number of amidine groups is 1. The number of aliphatic imine (C=N–C) groups is 1. The van der Waals surface area contributed by atoms with Gasteiger partial charge in [-0.15, -0.1) is 0 Å². The quantitative estimate of drug-likeness (QED) is 0.840. The third kappa shape index (κ3) is 4.15. The summed E-state index contributed by atoms with van der Waals surface area (Å²) in [5, 5.41) is 2.52. The van der Waals surface area contributed by atoms with Crippen LogP contribution in [0.1, 0.15) is 18.5 Å². The second-order valence-electron chi connectivity index (χ2n) is 6.81. The fourth-order valence-electron chi connectivity index (χ4n) is 3.31. The number of nitrogens with one attached hydrogen (secondary N) is 2. The molecule has 1 amide bonds. The zero-order valence-corrected chi connectivity index (χ0v) is 15.0. The molecule has 28 heavy (non-hydrogen) atoms. The first-order valence-electron chi connectivity index (χ1n) is 8.95. The first-order chi connectivity index (χ1) is 13.5. The molecule has 9 heteroatoms. The Morgan fingerprint density at radius 1 is 1.21 bits per heavy atom. The maximum atomic E-state index is 13.2. The summed E-state index contributed by atoms with van der Waals surface area (Å²) in [6, 6.07) is 8.48. The fraction of sp³-hybridized carbons (Fsp3) is 0.316. The van der Waals surface area contributed by atoms with Gasteiger partial charge in [-0.3, -0.25) is 14.7 Å². The van der Waals surface area contributed by atoms with Gasteiger partial charge in [0.25, 0.3) is 0 Å². The van der Waals surface area contributed by atoms with Crippen LogP contribution in [0.5, 0.6) is 0 Å². The maximum absolute atomic E-state index is 13.2. The smallest absolute Gasteiger partial charge is 0.238 e. The Kier molecular flexibility index (Phi) is 5.01. The van der Waals surface area contributed by atoms with E-state index in [9.17, 15) is 13.6 Å². The lowest BCUT2D eigenvalue weighted by Gasteiger charge is -2.35. The number of anilines is 1. The molecule has 2 aromatic rings. The molecular weight excluding hydrogens is 368 g/mol.